The lowest BCUT2D eigenvalue weighted by Crippen LogP contribution is -2.26. The molecule has 0 aliphatic heterocycles. The zero-order valence-corrected chi connectivity index (χ0v) is 12.9. The molecular formula is C14H21N3O5. The van der Waals surface area contributed by atoms with Gasteiger partial charge < -0.3 is 30.5 Å². The number of nitrogens with zero attached hydrogens (tertiary/aromatic N) is 1. The van der Waals surface area contributed by atoms with Gasteiger partial charge >= 0.3 is 6.09 Å². The quantitative estimate of drug-likeness (QED) is 0.659. The Hall–Kier alpha value is -2.64. The van der Waals surface area contributed by atoms with Crippen molar-refractivity contribution >= 4 is 23.4 Å². The van der Waals surface area contributed by atoms with Gasteiger partial charge in [0.05, 0.1) is 14.2 Å². The van der Waals surface area contributed by atoms with Gasteiger partial charge in [-0.25, -0.2) is 4.79 Å². The molecule has 0 heterocycles. The van der Waals surface area contributed by atoms with Gasteiger partial charge in [0.25, 0.3) is 0 Å². The molecule has 0 aliphatic rings. The van der Waals surface area contributed by atoms with Crippen LogP contribution in [0.15, 0.2) is 12.1 Å². The Morgan fingerprint density at radius 3 is 2.41 bits per heavy atom. The Morgan fingerprint density at radius 1 is 1.27 bits per heavy atom. The number of nitrogen functional groups attached to an aromatic ring is 1. The molecule has 8 heteroatoms. The molecule has 0 aliphatic carbocycles. The van der Waals surface area contributed by atoms with Crippen molar-refractivity contribution in [3.05, 3.63) is 12.1 Å². The molecule has 0 spiro atoms. The molecule has 122 valence electrons. The highest BCUT2D eigenvalue weighted by atomic mass is 16.5. The monoisotopic (exact) mass is 311 g/mol. The summed E-state index contributed by atoms with van der Waals surface area (Å²) in [5, 5.41) is 11.4. The van der Waals surface area contributed by atoms with Gasteiger partial charge in [-0.15, -0.1) is 0 Å². The average Bonchev–Trinajstić information content (AvgIpc) is 2.48. The maximum Gasteiger partial charge on any atom is 0.407 e. The molecule has 0 radical (unpaired) electrons. The molecule has 1 aromatic carbocycles. The maximum atomic E-state index is 12.0. The van der Waals surface area contributed by atoms with Crippen molar-refractivity contribution in [1.82, 2.24) is 4.90 Å². The fourth-order valence-corrected chi connectivity index (χ4v) is 1.83. The third-order valence-corrected chi connectivity index (χ3v) is 3.10. The SMILES string of the molecule is COc1ccc(OC)c(NC(=O)CCCN(C)C(=O)O)c1N. The molecule has 4 N–H and O–H groups in total. The molecular weight excluding hydrogens is 290 g/mol. The molecule has 1 aromatic rings. The van der Waals surface area contributed by atoms with Gasteiger partial charge in [-0.1, -0.05) is 0 Å². The number of nitrogens with two attached hydrogens (primary N) is 1. The summed E-state index contributed by atoms with van der Waals surface area (Å²) in [6.45, 7) is 0.271. The van der Waals surface area contributed by atoms with Crippen molar-refractivity contribution in [2.75, 3.05) is 38.9 Å². The van der Waals surface area contributed by atoms with Gasteiger partial charge in [-0.2, -0.15) is 0 Å². The molecule has 8 nitrogen and oxygen atoms in total. The molecule has 0 aromatic heterocycles. The smallest absolute Gasteiger partial charge is 0.407 e. The summed E-state index contributed by atoms with van der Waals surface area (Å²) >= 11 is 0. The number of ether oxygens (including phenoxy) is 2. The van der Waals surface area contributed by atoms with Gasteiger partial charge in [0.1, 0.15) is 22.9 Å². The number of hydrogen-bond donors (Lipinski definition) is 3. The molecule has 0 bridgehead atoms. The summed E-state index contributed by atoms with van der Waals surface area (Å²) in [5.41, 5.74) is 6.55. The first-order valence-electron chi connectivity index (χ1n) is 6.65. The van der Waals surface area contributed by atoms with Crippen LogP contribution in [0.4, 0.5) is 16.2 Å². The van der Waals surface area contributed by atoms with Crippen LogP contribution in [0.2, 0.25) is 0 Å². The van der Waals surface area contributed by atoms with Gasteiger partial charge in [0.2, 0.25) is 5.91 Å². The van der Waals surface area contributed by atoms with Crippen LogP contribution < -0.4 is 20.5 Å². The van der Waals surface area contributed by atoms with E-state index in [1.165, 1.54) is 21.3 Å². The first-order valence-corrected chi connectivity index (χ1v) is 6.65. The van der Waals surface area contributed by atoms with E-state index < -0.39 is 6.09 Å². The second-order valence-corrected chi connectivity index (χ2v) is 4.61. The Labute approximate surface area is 128 Å². The number of carboxylic acid groups (broad SMARTS) is 1. The minimum atomic E-state index is -1.03. The predicted octanol–water partition coefficient (Wildman–Crippen LogP) is 1.61. The average molecular weight is 311 g/mol. The van der Waals surface area contributed by atoms with Crippen LogP contribution in [0.5, 0.6) is 11.5 Å². The second kappa shape index (κ2) is 7.96. The van der Waals surface area contributed by atoms with Crippen LogP contribution in [-0.4, -0.2) is 49.8 Å². The van der Waals surface area contributed by atoms with Crippen LogP contribution in [0.1, 0.15) is 12.8 Å². The van der Waals surface area contributed by atoms with Crippen LogP contribution in [0, 0.1) is 0 Å². The van der Waals surface area contributed by atoms with E-state index in [0.29, 0.717) is 23.6 Å². The van der Waals surface area contributed by atoms with Crippen molar-refractivity contribution in [1.29, 1.82) is 0 Å². The van der Waals surface area contributed by atoms with Crippen LogP contribution >= 0.6 is 0 Å². The van der Waals surface area contributed by atoms with Crippen LogP contribution in [-0.2, 0) is 4.79 Å². The molecule has 0 fully saturated rings. The topological polar surface area (TPSA) is 114 Å². The van der Waals surface area contributed by atoms with Gasteiger partial charge in [-0.05, 0) is 18.6 Å². The van der Waals surface area contributed by atoms with Crippen molar-refractivity contribution in [2.45, 2.75) is 12.8 Å². The third kappa shape index (κ3) is 4.44. The Balaban J connectivity index is 2.69. The number of hydrogen-bond acceptors (Lipinski definition) is 5. The van der Waals surface area contributed by atoms with E-state index in [4.69, 9.17) is 20.3 Å². The standard InChI is InChI=1S/C14H21N3O5/c1-17(14(19)20)8-4-5-11(18)16-13-10(22-3)7-6-9(21-2)12(13)15/h6-7H,4-5,8,15H2,1-3H3,(H,16,18)(H,19,20). The number of anilines is 2. The molecule has 2 amide bonds. The minimum absolute atomic E-state index is 0.164. The fourth-order valence-electron chi connectivity index (χ4n) is 1.83. The number of carbonyl (C=O) groups is 2. The number of nitrogens with one attached hydrogen (secondary N) is 1. The van der Waals surface area contributed by atoms with E-state index >= 15 is 0 Å². The summed E-state index contributed by atoms with van der Waals surface area (Å²) in [6, 6.07) is 3.29. The highest BCUT2D eigenvalue weighted by Gasteiger charge is 2.15. The zero-order valence-electron chi connectivity index (χ0n) is 12.9. The number of amides is 2. The number of benzene rings is 1. The molecule has 0 saturated carbocycles. The van der Waals surface area contributed by atoms with Crippen LogP contribution in [0.25, 0.3) is 0 Å². The minimum Gasteiger partial charge on any atom is -0.495 e. The van der Waals surface area contributed by atoms with Crippen LogP contribution in [0.3, 0.4) is 0 Å². The highest BCUT2D eigenvalue weighted by molar-refractivity contribution is 5.97. The second-order valence-electron chi connectivity index (χ2n) is 4.61. The molecule has 1 rings (SSSR count). The Kier molecular flexibility index (Phi) is 6.30. The predicted molar refractivity (Wildman–Crippen MR) is 82.5 cm³/mol. The summed E-state index contributed by atoms with van der Waals surface area (Å²) in [4.78, 5) is 23.7. The van der Waals surface area contributed by atoms with Gasteiger partial charge in [-0.3, -0.25) is 4.79 Å². The van der Waals surface area contributed by atoms with E-state index in [1.807, 2.05) is 0 Å². The Morgan fingerprint density at radius 2 is 1.86 bits per heavy atom. The lowest BCUT2D eigenvalue weighted by atomic mass is 10.2. The maximum absolute atomic E-state index is 12.0. The van der Waals surface area contributed by atoms with Crippen molar-refractivity contribution < 1.29 is 24.2 Å². The van der Waals surface area contributed by atoms with Gasteiger partial charge in [0.15, 0.2) is 0 Å². The third-order valence-electron chi connectivity index (χ3n) is 3.10. The van der Waals surface area contributed by atoms with Crippen molar-refractivity contribution in [3.63, 3.8) is 0 Å². The fraction of sp³-hybridized carbons (Fsp3) is 0.429. The van der Waals surface area contributed by atoms with Gasteiger partial charge in [0, 0.05) is 20.0 Å². The van der Waals surface area contributed by atoms with E-state index in [0.717, 1.165) is 4.90 Å². The molecule has 22 heavy (non-hydrogen) atoms. The summed E-state index contributed by atoms with van der Waals surface area (Å²) < 4.78 is 10.3. The summed E-state index contributed by atoms with van der Waals surface area (Å²) in [5.74, 6) is 0.577. The largest absolute Gasteiger partial charge is 0.495 e. The first-order chi connectivity index (χ1) is 10.4. The normalized spacial score (nSPS) is 9.95. The summed E-state index contributed by atoms with van der Waals surface area (Å²) in [7, 11) is 4.40. The molecule has 0 atom stereocenters. The number of methoxy groups -OCH3 is 2. The van der Waals surface area contributed by atoms with E-state index in [-0.39, 0.29) is 24.6 Å². The van der Waals surface area contributed by atoms with E-state index in [2.05, 4.69) is 5.32 Å². The lowest BCUT2D eigenvalue weighted by molar-refractivity contribution is -0.116. The molecule has 0 unspecified atom stereocenters. The van der Waals surface area contributed by atoms with Crippen molar-refractivity contribution in [2.24, 2.45) is 0 Å². The zero-order chi connectivity index (χ0) is 16.7. The molecule has 0 saturated heterocycles. The van der Waals surface area contributed by atoms with E-state index in [9.17, 15) is 9.59 Å². The van der Waals surface area contributed by atoms with Crippen molar-refractivity contribution in [3.8, 4) is 11.5 Å². The Bertz CT molecular complexity index is 548. The number of rotatable bonds is 7. The first kappa shape index (κ1) is 17.4. The van der Waals surface area contributed by atoms with E-state index in [1.54, 1.807) is 12.1 Å². The lowest BCUT2D eigenvalue weighted by Gasteiger charge is -2.16. The summed E-state index contributed by atoms with van der Waals surface area (Å²) in [6.07, 6.45) is -0.461. The highest BCUT2D eigenvalue weighted by Crippen LogP contribution is 2.37. The number of carbonyl (C=O) groups excluding carboxylic acids is 1.